The predicted molar refractivity (Wildman–Crippen MR) is 87.2 cm³/mol. The summed E-state index contributed by atoms with van der Waals surface area (Å²) in [4.78, 5) is 25.4. The first-order chi connectivity index (χ1) is 11.6. The maximum Gasteiger partial charge on any atom is 0.328 e. The van der Waals surface area contributed by atoms with Crippen LogP contribution in [-0.2, 0) is 9.53 Å². The van der Waals surface area contributed by atoms with Gasteiger partial charge in [-0.15, -0.1) is 0 Å². The van der Waals surface area contributed by atoms with Gasteiger partial charge in [-0.1, -0.05) is 12.5 Å². The molecule has 24 heavy (non-hydrogen) atoms. The molecule has 1 N–H and O–H groups in total. The van der Waals surface area contributed by atoms with Crippen molar-refractivity contribution in [3.63, 3.8) is 0 Å². The van der Waals surface area contributed by atoms with Gasteiger partial charge in [0, 0.05) is 12.1 Å². The lowest BCUT2D eigenvalue weighted by molar-refractivity contribution is -0.147. The van der Waals surface area contributed by atoms with E-state index in [-0.39, 0.29) is 25.2 Å². The number of nitrogens with zero attached hydrogens (tertiary/aromatic N) is 1. The molecule has 3 rings (SSSR count). The topological polar surface area (TPSA) is 76.1 Å². The average molecular weight is 333 g/mol. The van der Waals surface area contributed by atoms with Gasteiger partial charge in [0.2, 0.25) is 0 Å². The molecule has 0 aromatic heterocycles. The fourth-order valence-corrected chi connectivity index (χ4v) is 3.30. The van der Waals surface area contributed by atoms with E-state index in [1.807, 2.05) is 6.07 Å². The number of carbonyl (C=O) groups excluding carboxylic acids is 1. The Hall–Kier alpha value is -2.08. The van der Waals surface area contributed by atoms with Crippen LogP contribution in [0.3, 0.4) is 0 Å². The standard InChI is InChI=1S/C18H23NO5/c20-17(19-9-10-23-12-16(19)18(21)22)13-5-4-8-15(11-13)24-14-6-2-1-3-7-14/h4-5,8,11,14,16H,1-3,6-7,9-10,12H2,(H,21,22)/t16-/m1/s1. The maximum absolute atomic E-state index is 12.7. The summed E-state index contributed by atoms with van der Waals surface area (Å²) in [5, 5.41) is 9.28. The number of aliphatic carboxylic acids is 1. The minimum atomic E-state index is -1.04. The summed E-state index contributed by atoms with van der Waals surface area (Å²) < 4.78 is 11.2. The molecule has 1 saturated carbocycles. The Kier molecular flexibility index (Phi) is 5.35. The lowest BCUT2D eigenvalue weighted by atomic mass is 9.98. The molecule has 2 fully saturated rings. The molecular formula is C18H23NO5. The van der Waals surface area contributed by atoms with Crippen molar-refractivity contribution in [3.8, 4) is 5.75 Å². The lowest BCUT2D eigenvalue weighted by Gasteiger charge is -2.33. The van der Waals surface area contributed by atoms with Crippen LogP contribution in [0.25, 0.3) is 0 Å². The Morgan fingerprint density at radius 3 is 2.75 bits per heavy atom. The number of hydrogen-bond donors (Lipinski definition) is 1. The molecule has 1 aliphatic carbocycles. The number of carboxylic acid groups (broad SMARTS) is 1. The van der Waals surface area contributed by atoms with E-state index in [0.717, 1.165) is 12.8 Å². The minimum absolute atomic E-state index is 0.0271. The molecule has 0 spiro atoms. The third-order valence-electron chi connectivity index (χ3n) is 4.61. The SMILES string of the molecule is O=C(O)[C@H]1COCCN1C(=O)c1cccc(OC2CCCCC2)c1. The molecule has 6 heteroatoms. The number of hydrogen-bond acceptors (Lipinski definition) is 4. The molecule has 130 valence electrons. The highest BCUT2D eigenvalue weighted by atomic mass is 16.5. The Labute approximate surface area is 141 Å². The average Bonchev–Trinajstić information content (AvgIpc) is 2.62. The monoisotopic (exact) mass is 333 g/mol. The van der Waals surface area contributed by atoms with E-state index >= 15 is 0 Å². The smallest absolute Gasteiger partial charge is 0.328 e. The molecule has 0 bridgehead atoms. The Morgan fingerprint density at radius 2 is 2.00 bits per heavy atom. The van der Waals surface area contributed by atoms with Gasteiger partial charge in [-0.2, -0.15) is 0 Å². The Morgan fingerprint density at radius 1 is 1.21 bits per heavy atom. The highest BCUT2D eigenvalue weighted by molar-refractivity contribution is 5.97. The van der Waals surface area contributed by atoms with Gasteiger partial charge in [0.1, 0.15) is 5.75 Å². The molecule has 1 aromatic rings. The first-order valence-corrected chi connectivity index (χ1v) is 8.53. The van der Waals surface area contributed by atoms with Gasteiger partial charge in [-0.25, -0.2) is 4.79 Å². The lowest BCUT2D eigenvalue weighted by Crippen LogP contribution is -2.52. The van der Waals surface area contributed by atoms with Crippen molar-refractivity contribution in [2.24, 2.45) is 0 Å². The van der Waals surface area contributed by atoms with Crippen LogP contribution in [0.1, 0.15) is 42.5 Å². The number of amides is 1. The summed E-state index contributed by atoms with van der Waals surface area (Å²) in [7, 11) is 0. The van der Waals surface area contributed by atoms with Crippen molar-refractivity contribution in [2.45, 2.75) is 44.2 Å². The second kappa shape index (κ2) is 7.66. The zero-order chi connectivity index (χ0) is 16.9. The van der Waals surface area contributed by atoms with Crippen LogP contribution < -0.4 is 4.74 Å². The highest BCUT2D eigenvalue weighted by Gasteiger charge is 2.33. The number of benzene rings is 1. The molecule has 1 aliphatic heterocycles. The summed E-state index contributed by atoms with van der Waals surface area (Å²) in [5.41, 5.74) is 0.455. The van der Waals surface area contributed by atoms with E-state index in [1.54, 1.807) is 18.2 Å². The fraction of sp³-hybridized carbons (Fsp3) is 0.556. The molecule has 0 radical (unpaired) electrons. The Balaban J connectivity index is 1.72. The van der Waals surface area contributed by atoms with Crippen LogP contribution in [0.15, 0.2) is 24.3 Å². The number of ether oxygens (including phenoxy) is 2. The quantitative estimate of drug-likeness (QED) is 0.915. The van der Waals surface area contributed by atoms with Crippen LogP contribution in [-0.4, -0.2) is 53.8 Å². The molecule has 6 nitrogen and oxygen atoms in total. The molecule has 1 amide bonds. The molecule has 1 heterocycles. The van der Waals surface area contributed by atoms with Crippen molar-refractivity contribution >= 4 is 11.9 Å². The highest BCUT2D eigenvalue weighted by Crippen LogP contribution is 2.24. The van der Waals surface area contributed by atoms with E-state index in [2.05, 4.69) is 0 Å². The zero-order valence-electron chi connectivity index (χ0n) is 13.6. The van der Waals surface area contributed by atoms with E-state index in [9.17, 15) is 14.7 Å². The third kappa shape index (κ3) is 3.87. The van der Waals surface area contributed by atoms with Gasteiger partial charge >= 0.3 is 5.97 Å². The molecule has 1 atom stereocenters. The van der Waals surface area contributed by atoms with Gasteiger partial charge in [0.15, 0.2) is 6.04 Å². The summed E-state index contributed by atoms with van der Waals surface area (Å²) in [5.74, 6) is -0.662. The van der Waals surface area contributed by atoms with E-state index in [4.69, 9.17) is 9.47 Å². The second-order valence-electron chi connectivity index (χ2n) is 6.33. The number of rotatable bonds is 4. The van der Waals surface area contributed by atoms with Crippen molar-refractivity contribution in [1.82, 2.24) is 4.90 Å². The van der Waals surface area contributed by atoms with Gasteiger partial charge in [-0.3, -0.25) is 4.79 Å². The second-order valence-corrected chi connectivity index (χ2v) is 6.33. The first-order valence-electron chi connectivity index (χ1n) is 8.53. The van der Waals surface area contributed by atoms with Crippen LogP contribution in [0.2, 0.25) is 0 Å². The normalized spacial score (nSPS) is 22.2. The predicted octanol–water partition coefficient (Wildman–Crippen LogP) is 2.32. The van der Waals surface area contributed by atoms with Crippen LogP contribution in [0, 0.1) is 0 Å². The zero-order valence-corrected chi connectivity index (χ0v) is 13.6. The van der Waals surface area contributed by atoms with E-state index in [0.29, 0.717) is 17.9 Å². The summed E-state index contributed by atoms with van der Waals surface area (Å²) in [6, 6.07) is 6.10. The van der Waals surface area contributed by atoms with E-state index < -0.39 is 12.0 Å². The summed E-state index contributed by atoms with van der Waals surface area (Å²) in [6.07, 6.45) is 5.91. The number of carbonyl (C=O) groups is 2. The van der Waals surface area contributed by atoms with Crippen LogP contribution >= 0.6 is 0 Å². The summed E-state index contributed by atoms with van der Waals surface area (Å²) in [6.45, 7) is 0.663. The fourth-order valence-electron chi connectivity index (χ4n) is 3.30. The maximum atomic E-state index is 12.7. The third-order valence-corrected chi connectivity index (χ3v) is 4.61. The van der Waals surface area contributed by atoms with Crippen molar-refractivity contribution < 1.29 is 24.2 Å². The van der Waals surface area contributed by atoms with Gasteiger partial charge in [0.05, 0.1) is 19.3 Å². The molecular weight excluding hydrogens is 310 g/mol. The van der Waals surface area contributed by atoms with Crippen LogP contribution in [0.5, 0.6) is 5.75 Å². The molecule has 2 aliphatic rings. The van der Waals surface area contributed by atoms with Crippen molar-refractivity contribution in [2.75, 3.05) is 19.8 Å². The Bertz CT molecular complexity index is 597. The molecule has 1 aromatic carbocycles. The van der Waals surface area contributed by atoms with Gasteiger partial charge in [-0.05, 0) is 43.9 Å². The molecule has 0 unspecified atom stereocenters. The number of carboxylic acids is 1. The van der Waals surface area contributed by atoms with Gasteiger partial charge in [0.25, 0.3) is 5.91 Å². The molecule has 1 saturated heterocycles. The summed E-state index contributed by atoms with van der Waals surface area (Å²) >= 11 is 0. The first kappa shape index (κ1) is 16.8. The van der Waals surface area contributed by atoms with Gasteiger partial charge < -0.3 is 19.5 Å². The largest absolute Gasteiger partial charge is 0.490 e. The number of morpholine rings is 1. The minimum Gasteiger partial charge on any atom is -0.490 e. The van der Waals surface area contributed by atoms with Crippen molar-refractivity contribution in [1.29, 1.82) is 0 Å². The van der Waals surface area contributed by atoms with Crippen LogP contribution in [0.4, 0.5) is 0 Å². The van der Waals surface area contributed by atoms with Crippen molar-refractivity contribution in [3.05, 3.63) is 29.8 Å². The van der Waals surface area contributed by atoms with E-state index in [1.165, 1.54) is 24.2 Å².